The van der Waals surface area contributed by atoms with Crippen LogP contribution >= 0.6 is 0 Å². The van der Waals surface area contributed by atoms with Crippen molar-refractivity contribution in [3.8, 4) is 11.1 Å². The van der Waals surface area contributed by atoms with E-state index < -0.39 is 36.2 Å². The fourth-order valence-corrected chi connectivity index (χ4v) is 4.84. The maximum atomic E-state index is 12.7. The summed E-state index contributed by atoms with van der Waals surface area (Å²) < 4.78 is 11.1. The second-order valence-corrected chi connectivity index (χ2v) is 8.33. The number of nitrogens with zero attached hydrogens (tertiary/aromatic N) is 1. The van der Waals surface area contributed by atoms with Crippen LogP contribution in [0.3, 0.4) is 0 Å². The first-order chi connectivity index (χ1) is 15.5. The highest BCUT2D eigenvalue weighted by atomic mass is 16.6. The highest BCUT2D eigenvalue weighted by Crippen LogP contribution is 2.44. The molecule has 0 aromatic heterocycles. The molecule has 2 aliphatic heterocycles. The SMILES string of the molecule is O=C(NC1CCOC1C(=O)N1CCC1C(=O)O)OCC1c2ccccc2-c2ccccc21. The first-order valence-electron chi connectivity index (χ1n) is 10.8. The van der Waals surface area contributed by atoms with Gasteiger partial charge in [-0.3, -0.25) is 4.79 Å². The number of aliphatic carboxylic acids is 1. The van der Waals surface area contributed by atoms with Crippen LogP contribution in [0.5, 0.6) is 0 Å². The van der Waals surface area contributed by atoms with E-state index in [4.69, 9.17) is 9.47 Å². The van der Waals surface area contributed by atoms with Crippen LogP contribution in [0.15, 0.2) is 48.5 Å². The van der Waals surface area contributed by atoms with E-state index in [0.717, 1.165) is 22.3 Å². The van der Waals surface area contributed by atoms with Crippen molar-refractivity contribution in [2.24, 2.45) is 0 Å². The highest BCUT2D eigenvalue weighted by molar-refractivity contribution is 5.89. The predicted octanol–water partition coefficient (Wildman–Crippen LogP) is 2.37. The summed E-state index contributed by atoms with van der Waals surface area (Å²) in [6.07, 6.45) is -0.610. The van der Waals surface area contributed by atoms with E-state index in [-0.39, 0.29) is 12.5 Å². The summed E-state index contributed by atoms with van der Waals surface area (Å²) in [4.78, 5) is 37.8. The van der Waals surface area contributed by atoms with Crippen molar-refractivity contribution in [2.45, 2.75) is 36.9 Å². The summed E-state index contributed by atoms with van der Waals surface area (Å²) in [6, 6.07) is 14.8. The molecule has 3 unspecified atom stereocenters. The molecule has 0 bridgehead atoms. The first-order valence-corrected chi connectivity index (χ1v) is 10.8. The number of alkyl carbamates (subject to hydrolysis) is 1. The Balaban J connectivity index is 1.22. The van der Waals surface area contributed by atoms with Gasteiger partial charge in [-0.2, -0.15) is 0 Å². The van der Waals surface area contributed by atoms with Gasteiger partial charge in [0.2, 0.25) is 0 Å². The second kappa shape index (κ2) is 8.27. The molecule has 8 heteroatoms. The molecule has 8 nitrogen and oxygen atoms in total. The number of ether oxygens (including phenoxy) is 2. The second-order valence-electron chi connectivity index (χ2n) is 8.33. The summed E-state index contributed by atoms with van der Waals surface area (Å²) in [6.45, 7) is 0.878. The number of benzene rings is 2. The molecule has 1 aliphatic carbocycles. The minimum Gasteiger partial charge on any atom is -0.480 e. The molecule has 0 radical (unpaired) electrons. The lowest BCUT2D eigenvalue weighted by atomic mass is 9.98. The Hall–Kier alpha value is -3.39. The van der Waals surface area contributed by atoms with Crippen LogP contribution in [-0.2, 0) is 19.1 Å². The molecule has 2 N–H and O–H groups in total. The Morgan fingerprint density at radius 2 is 1.69 bits per heavy atom. The van der Waals surface area contributed by atoms with E-state index in [1.165, 1.54) is 4.90 Å². The van der Waals surface area contributed by atoms with Crippen LogP contribution < -0.4 is 5.32 Å². The zero-order valence-electron chi connectivity index (χ0n) is 17.4. The lowest BCUT2D eigenvalue weighted by Gasteiger charge is -2.39. The van der Waals surface area contributed by atoms with Crippen LogP contribution in [0, 0.1) is 0 Å². The Bertz CT molecular complexity index is 1020. The average Bonchev–Trinajstić information content (AvgIpc) is 3.33. The topological polar surface area (TPSA) is 105 Å². The lowest BCUT2D eigenvalue weighted by molar-refractivity contribution is -0.162. The molecule has 2 aromatic carbocycles. The number of rotatable bonds is 5. The van der Waals surface area contributed by atoms with Crippen molar-refractivity contribution >= 4 is 18.0 Å². The molecular weight excluding hydrogens is 412 g/mol. The van der Waals surface area contributed by atoms with Gasteiger partial charge in [-0.05, 0) is 35.1 Å². The molecule has 166 valence electrons. The number of amides is 2. The predicted molar refractivity (Wildman–Crippen MR) is 114 cm³/mol. The van der Waals surface area contributed by atoms with E-state index in [2.05, 4.69) is 17.4 Å². The van der Waals surface area contributed by atoms with Gasteiger partial charge in [0.05, 0.1) is 6.04 Å². The molecule has 2 amide bonds. The Kier molecular flexibility index (Phi) is 5.30. The number of carbonyl (C=O) groups is 3. The maximum Gasteiger partial charge on any atom is 0.407 e. The Labute approximate surface area is 185 Å². The van der Waals surface area contributed by atoms with Gasteiger partial charge in [-0.1, -0.05) is 48.5 Å². The Morgan fingerprint density at radius 1 is 1.03 bits per heavy atom. The number of carbonyl (C=O) groups excluding carboxylic acids is 2. The summed E-state index contributed by atoms with van der Waals surface area (Å²) in [5, 5.41) is 11.9. The molecule has 3 atom stereocenters. The summed E-state index contributed by atoms with van der Waals surface area (Å²) >= 11 is 0. The van der Waals surface area contributed by atoms with E-state index in [1.54, 1.807) is 0 Å². The maximum absolute atomic E-state index is 12.7. The van der Waals surface area contributed by atoms with E-state index in [1.807, 2.05) is 36.4 Å². The molecule has 32 heavy (non-hydrogen) atoms. The number of hydrogen-bond acceptors (Lipinski definition) is 5. The number of likely N-dealkylation sites (tertiary alicyclic amines) is 1. The first kappa shape index (κ1) is 20.5. The molecule has 2 fully saturated rings. The molecule has 5 rings (SSSR count). The molecule has 2 aromatic rings. The van der Waals surface area contributed by atoms with Crippen molar-refractivity contribution in [1.29, 1.82) is 0 Å². The fourth-order valence-electron chi connectivity index (χ4n) is 4.84. The minimum absolute atomic E-state index is 0.0529. The number of hydrogen-bond donors (Lipinski definition) is 2. The third-order valence-corrected chi connectivity index (χ3v) is 6.57. The third-order valence-electron chi connectivity index (χ3n) is 6.57. The van der Waals surface area contributed by atoms with Crippen molar-refractivity contribution in [1.82, 2.24) is 10.2 Å². The summed E-state index contributed by atoms with van der Waals surface area (Å²) in [5.74, 6) is -1.48. The zero-order valence-corrected chi connectivity index (χ0v) is 17.4. The van der Waals surface area contributed by atoms with Gasteiger partial charge in [-0.25, -0.2) is 9.59 Å². The van der Waals surface area contributed by atoms with Gasteiger partial charge in [-0.15, -0.1) is 0 Å². The normalized spacial score (nSPS) is 23.8. The molecule has 0 saturated carbocycles. The van der Waals surface area contributed by atoms with Crippen LogP contribution in [0.1, 0.15) is 29.9 Å². The number of fused-ring (bicyclic) bond motifs is 3. The number of carboxylic acids is 1. The fraction of sp³-hybridized carbons (Fsp3) is 0.375. The van der Waals surface area contributed by atoms with Crippen LogP contribution in [0.25, 0.3) is 11.1 Å². The van der Waals surface area contributed by atoms with E-state index in [9.17, 15) is 19.5 Å². The summed E-state index contributed by atoms with van der Waals surface area (Å²) in [5.41, 5.74) is 4.54. The van der Waals surface area contributed by atoms with Gasteiger partial charge in [0.1, 0.15) is 12.6 Å². The number of nitrogens with one attached hydrogen (secondary N) is 1. The highest BCUT2D eigenvalue weighted by Gasteiger charge is 2.45. The third kappa shape index (κ3) is 3.50. The van der Waals surface area contributed by atoms with Gasteiger partial charge in [0.25, 0.3) is 5.91 Å². The molecule has 2 heterocycles. The minimum atomic E-state index is -1.02. The monoisotopic (exact) mass is 436 g/mol. The average molecular weight is 436 g/mol. The van der Waals surface area contributed by atoms with Gasteiger partial charge in [0, 0.05) is 19.1 Å². The lowest BCUT2D eigenvalue weighted by Crippen LogP contribution is -2.60. The van der Waals surface area contributed by atoms with E-state index >= 15 is 0 Å². The molecule has 3 aliphatic rings. The van der Waals surface area contributed by atoms with Crippen molar-refractivity contribution in [3.63, 3.8) is 0 Å². The zero-order chi connectivity index (χ0) is 22.2. The largest absolute Gasteiger partial charge is 0.480 e. The number of carboxylic acid groups (broad SMARTS) is 1. The van der Waals surface area contributed by atoms with Crippen molar-refractivity contribution in [2.75, 3.05) is 19.8 Å². The van der Waals surface area contributed by atoms with Crippen LogP contribution in [0.4, 0.5) is 4.79 Å². The van der Waals surface area contributed by atoms with E-state index in [0.29, 0.717) is 26.0 Å². The van der Waals surface area contributed by atoms with Crippen molar-refractivity contribution in [3.05, 3.63) is 59.7 Å². The van der Waals surface area contributed by atoms with Crippen LogP contribution in [-0.4, -0.2) is 65.9 Å². The standard InChI is InChI=1S/C24H24N2O6/c27-22(26-11-9-20(26)23(28)29)21-19(10-12-31-21)25-24(30)32-13-18-16-7-3-1-5-14(16)15-6-2-4-8-17(15)18/h1-8,18-21H,9-13H2,(H,25,30)(H,28,29). The molecular formula is C24H24N2O6. The smallest absolute Gasteiger partial charge is 0.407 e. The molecule has 0 spiro atoms. The van der Waals surface area contributed by atoms with Crippen molar-refractivity contribution < 1.29 is 29.0 Å². The Morgan fingerprint density at radius 3 is 2.28 bits per heavy atom. The quantitative estimate of drug-likeness (QED) is 0.746. The van der Waals surface area contributed by atoms with Crippen LogP contribution in [0.2, 0.25) is 0 Å². The molecule has 2 saturated heterocycles. The van der Waals surface area contributed by atoms with Gasteiger partial charge >= 0.3 is 12.1 Å². The van der Waals surface area contributed by atoms with Gasteiger partial charge in [0.15, 0.2) is 6.10 Å². The summed E-state index contributed by atoms with van der Waals surface area (Å²) in [7, 11) is 0. The van der Waals surface area contributed by atoms with Gasteiger partial charge < -0.3 is 24.8 Å².